The monoisotopic (exact) mass is 297 g/mol. The van der Waals surface area contributed by atoms with Crippen molar-refractivity contribution in [3.05, 3.63) is 0 Å². The number of nitrogens with one attached hydrogen (secondary N) is 1. The molecule has 2 fully saturated rings. The molecule has 0 saturated carbocycles. The molecule has 1 amide bonds. The molecular formula is C16H31N3O2. The lowest BCUT2D eigenvalue weighted by molar-refractivity contribution is -0.133. The van der Waals surface area contributed by atoms with Gasteiger partial charge in [0.15, 0.2) is 0 Å². The Morgan fingerprint density at radius 1 is 1.10 bits per heavy atom. The second-order valence-electron chi connectivity index (χ2n) is 6.22. The van der Waals surface area contributed by atoms with Crippen LogP contribution in [0.4, 0.5) is 0 Å². The fraction of sp³-hybridized carbons (Fsp3) is 0.938. The molecule has 2 saturated heterocycles. The zero-order chi connectivity index (χ0) is 14.9. The highest BCUT2D eigenvalue weighted by molar-refractivity contribution is 5.81. The number of nitrogens with zero attached hydrogens (tertiary/aromatic N) is 2. The first-order valence-electron chi connectivity index (χ1n) is 8.59. The lowest BCUT2D eigenvalue weighted by atomic mass is 10.2. The molecule has 0 radical (unpaired) electrons. The van der Waals surface area contributed by atoms with Gasteiger partial charge in [-0.2, -0.15) is 0 Å². The number of rotatable bonds is 6. The molecule has 2 rings (SSSR count). The summed E-state index contributed by atoms with van der Waals surface area (Å²) < 4.78 is 5.35. The van der Waals surface area contributed by atoms with Crippen molar-refractivity contribution < 1.29 is 9.53 Å². The summed E-state index contributed by atoms with van der Waals surface area (Å²) in [4.78, 5) is 16.9. The van der Waals surface area contributed by atoms with E-state index in [1.165, 1.54) is 12.8 Å². The molecule has 2 aliphatic rings. The number of hydrogen-bond donors (Lipinski definition) is 1. The average Bonchev–Trinajstić information content (AvgIpc) is 2.81. The van der Waals surface area contributed by atoms with E-state index in [1.807, 2.05) is 11.8 Å². The van der Waals surface area contributed by atoms with E-state index in [1.54, 1.807) is 0 Å². The van der Waals surface area contributed by atoms with E-state index in [-0.39, 0.29) is 11.9 Å². The van der Waals surface area contributed by atoms with Crippen LogP contribution in [0.25, 0.3) is 0 Å². The van der Waals surface area contributed by atoms with Crippen molar-refractivity contribution in [1.82, 2.24) is 15.1 Å². The SMILES string of the molecule is CC(NCCCN1CCOCC1)C(=O)N1CCCCCC1. The van der Waals surface area contributed by atoms with Crippen molar-refractivity contribution in [2.24, 2.45) is 0 Å². The van der Waals surface area contributed by atoms with E-state index in [0.717, 1.165) is 71.7 Å². The van der Waals surface area contributed by atoms with Crippen LogP contribution >= 0.6 is 0 Å². The number of likely N-dealkylation sites (tertiary alicyclic amines) is 1. The summed E-state index contributed by atoms with van der Waals surface area (Å²) in [6.45, 7) is 9.71. The number of morpholine rings is 1. The van der Waals surface area contributed by atoms with Crippen LogP contribution in [0.2, 0.25) is 0 Å². The molecule has 0 aromatic heterocycles. The van der Waals surface area contributed by atoms with Crippen LogP contribution in [0, 0.1) is 0 Å². The molecule has 5 nitrogen and oxygen atoms in total. The Balaban J connectivity index is 1.59. The van der Waals surface area contributed by atoms with E-state index >= 15 is 0 Å². The predicted octanol–water partition coefficient (Wildman–Crippen LogP) is 1.09. The molecule has 2 aliphatic heterocycles. The highest BCUT2D eigenvalue weighted by atomic mass is 16.5. The molecule has 21 heavy (non-hydrogen) atoms. The van der Waals surface area contributed by atoms with Gasteiger partial charge in [-0.05, 0) is 39.3 Å². The summed E-state index contributed by atoms with van der Waals surface area (Å²) in [5, 5.41) is 3.39. The Kier molecular flexibility index (Phi) is 7.47. The topological polar surface area (TPSA) is 44.8 Å². The molecule has 0 aromatic rings. The summed E-state index contributed by atoms with van der Waals surface area (Å²) >= 11 is 0. The minimum Gasteiger partial charge on any atom is -0.379 e. The van der Waals surface area contributed by atoms with Crippen LogP contribution < -0.4 is 5.32 Å². The van der Waals surface area contributed by atoms with Crippen molar-refractivity contribution in [2.75, 3.05) is 52.5 Å². The number of amides is 1. The van der Waals surface area contributed by atoms with Crippen molar-refractivity contribution in [3.63, 3.8) is 0 Å². The van der Waals surface area contributed by atoms with Gasteiger partial charge in [-0.3, -0.25) is 9.69 Å². The highest BCUT2D eigenvalue weighted by Crippen LogP contribution is 2.10. The zero-order valence-electron chi connectivity index (χ0n) is 13.5. The average molecular weight is 297 g/mol. The molecule has 1 unspecified atom stereocenters. The third-order valence-corrected chi connectivity index (χ3v) is 4.49. The van der Waals surface area contributed by atoms with E-state index in [0.29, 0.717) is 0 Å². The molecule has 2 heterocycles. The molecule has 1 N–H and O–H groups in total. The molecule has 1 atom stereocenters. The fourth-order valence-electron chi connectivity index (χ4n) is 3.10. The van der Waals surface area contributed by atoms with Crippen molar-refractivity contribution in [1.29, 1.82) is 0 Å². The third kappa shape index (κ3) is 5.93. The van der Waals surface area contributed by atoms with Crippen molar-refractivity contribution >= 4 is 5.91 Å². The lowest BCUT2D eigenvalue weighted by Crippen LogP contribution is -2.46. The molecule has 0 aromatic carbocycles. The second kappa shape index (κ2) is 9.38. The Morgan fingerprint density at radius 3 is 2.43 bits per heavy atom. The quantitative estimate of drug-likeness (QED) is 0.746. The summed E-state index contributed by atoms with van der Waals surface area (Å²) in [7, 11) is 0. The van der Waals surface area contributed by atoms with Crippen LogP contribution in [-0.4, -0.2) is 74.2 Å². The second-order valence-corrected chi connectivity index (χ2v) is 6.22. The van der Waals surface area contributed by atoms with Crippen LogP contribution in [0.15, 0.2) is 0 Å². The Bertz CT molecular complexity index is 298. The van der Waals surface area contributed by atoms with Crippen LogP contribution in [0.3, 0.4) is 0 Å². The molecule has 0 bridgehead atoms. The summed E-state index contributed by atoms with van der Waals surface area (Å²) in [6, 6.07) is -0.0483. The van der Waals surface area contributed by atoms with Gasteiger partial charge in [-0.15, -0.1) is 0 Å². The van der Waals surface area contributed by atoms with Gasteiger partial charge in [0.2, 0.25) is 5.91 Å². The zero-order valence-corrected chi connectivity index (χ0v) is 13.5. The smallest absolute Gasteiger partial charge is 0.239 e. The number of carbonyl (C=O) groups is 1. The van der Waals surface area contributed by atoms with E-state index < -0.39 is 0 Å². The maximum Gasteiger partial charge on any atom is 0.239 e. The summed E-state index contributed by atoms with van der Waals surface area (Å²) in [5.74, 6) is 0.281. The van der Waals surface area contributed by atoms with Gasteiger partial charge in [-0.1, -0.05) is 12.8 Å². The van der Waals surface area contributed by atoms with E-state index in [2.05, 4.69) is 10.2 Å². The van der Waals surface area contributed by atoms with Gasteiger partial charge >= 0.3 is 0 Å². The minimum atomic E-state index is -0.0483. The van der Waals surface area contributed by atoms with Crippen molar-refractivity contribution in [3.8, 4) is 0 Å². The van der Waals surface area contributed by atoms with E-state index in [9.17, 15) is 4.79 Å². The Labute approximate surface area is 129 Å². The highest BCUT2D eigenvalue weighted by Gasteiger charge is 2.20. The Hall–Kier alpha value is -0.650. The van der Waals surface area contributed by atoms with Crippen molar-refractivity contribution in [2.45, 2.75) is 45.1 Å². The first-order chi connectivity index (χ1) is 10.3. The number of hydrogen-bond acceptors (Lipinski definition) is 4. The fourth-order valence-corrected chi connectivity index (χ4v) is 3.10. The van der Waals surface area contributed by atoms with Crippen LogP contribution in [0.5, 0.6) is 0 Å². The summed E-state index contributed by atoms with van der Waals surface area (Å²) in [6.07, 6.45) is 5.96. The third-order valence-electron chi connectivity index (χ3n) is 4.49. The predicted molar refractivity (Wildman–Crippen MR) is 84.4 cm³/mol. The van der Waals surface area contributed by atoms with Gasteiger partial charge in [0, 0.05) is 26.2 Å². The first kappa shape index (κ1) is 16.7. The minimum absolute atomic E-state index is 0.0483. The molecule has 5 heteroatoms. The van der Waals surface area contributed by atoms with Gasteiger partial charge in [0.25, 0.3) is 0 Å². The summed E-state index contributed by atoms with van der Waals surface area (Å²) in [5.41, 5.74) is 0. The standard InChI is InChI=1S/C16H31N3O2/c1-15(16(20)19-9-4-2-3-5-10-19)17-7-6-8-18-11-13-21-14-12-18/h15,17H,2-14H2,1H3. The number of ether oxygens (including phenoxy) is 1. The lowest BCUT2D eigenvalue weighted by Gasteiger charge is -2.27. The van der Waals surface area contributed by atoms with Gasteiger partial charge < -0.3 is 15.0 Å². The molecule has 0 aliphatic carbocycles. The molecule has 0 spiro atoms. The maximum atomic E-state index is 12.4. The largest absolute Gasteiger partial charge is 0.379 e. The maximum absolute atomic E-state index is 12.4. The van der Waals surface area contributed by atoms with Gasteiger partial charge in [-0.25, -0.2) is 0 Å². The Morgan fingerprint density at radius 2 is 1.76 bits per heavy atom. The van der Waals surface area contributed by atoms with Crippen LogP contribution in [0.1, 0.15) is 39.0 Å². The van der Waals surface area contributed by atoms with Gasteiger partial charge in [0.05, 0.1) is 19.3 Å². The molecule has 122 valence electrons. The van der Waals surface area contributed by atoms with E-state index in [4.69, 9.17) is 4.74 Å². The number of carbonyl (C=O) groups excluding carboxylic acids is 1. The van der Waals surface area contributed by atoms with Crippen LogP contribution in [-0.2, 0) is 9.53 Å². The van der Waals surface area contributed by atoms with Gasteiger partial charge in [0.1, 0.15) is 0 Å². The first-order valence-corrected chi connectivity index (χ1v) is 8.59. The normalized spacial score (nSPS) is 22.8. The molecular weight excluding hydrogens is 266 g/mol.